The molecule has 0 saturated heterocycles. The number of nitrogens with two attached hydrogens (primary N) is 1. The summed E-state index contributed by atoms with van der Waals surface area (Å²) in [6, 6.07) is -0.323. The van der Waals surface area contributed by atoms with Gasteiger partial charge >= 0.3 is 0 Å². The first kappa shape index (κ1) is 7.32. The number of H-pyrrole nitrogens is 1. The van der Waals surface area contributed by atoms with Gasteiger partial charge in [-0.15, -0.1) is 21.5 Å². The molecule has 0 fully saturated rings. The van der Waals surface area contributed by atoms with Crippen molar-refractivity contribution in [1.29, 1.82) is 0 Å². The molecule has 0 spiro atoms. The minimum atomic E-state index is -0.323. The quantitative estimate of drug-likeness (QED) is 0.665. The Morgan fingerprint density at radius 1 is 1.58 bits per heavy atom. The number of hydrogen-bond acceptors (Lipinski definition) is 6. The van der Waals surface area contributed by atoms with Crippen LogP contribution in [0, 0.1) is 0 Å². The van der Waals surface area contributed by atoms with E-state index in [0.29, 0.717) is 5.82 Å². The van der Waals surface area contributed by atoms with Gasteiger partial charge < -0.3 is 5.73 Å². The number of aromatic amines is 1. The van der Waals surface area contributed by atoms with Gasteiger partial charge in [-0.2, -0.15) is 5.21 Å². The van der Waals surface area contributed by atoms with Gasteiger partial charge in [0, 0.05) is 11.1 Å². The van der Waals surface area contributed by atoms with E-state index in [1.807, 2.05) is 0 Å². The highest BCUT2D eigenvalue weighted by Crippen LogP contribution is 2.18. The molecule has 2 heterocycles. The first-order chi connectivity index (χ1) is 5.88. The normalized spacial score (nSPS) is 13.1. The Bertz CT molecular complexity index is 292. The van der Waals surface area contributed by atoms with Crippen LogP contribution in [0.1, 0.15) is 16.7 Å². The van der Waals surface area contributed by atoms with Crippen molar-refractivity contribution >= 4 is 11.3 Å². The minimum Gasteiger partial charge on any atom is -0.317 e. The first-order valence-corrected chi connectivity index (χ1v) is 4.13. The zero-order valence-electron chi connectivity index (χ0n) is 6.01. The third-order valence-electron chi connectivity index (χ3n) is 1.40. The molecule has 6 nitrogen and oxygen atoms in total. The predicted octanol–water partition coefficient (Wildman–Crippen LogP) is -0.296. The summed E-state index contributed by atoms with van der Waals surface area (Å²) in [4.78, 5) is 4.83. The molecule has 0 radical (unpaired) electrons. The van der Waals surface area contributed by atoms with Gasteiger partial charge in [0.2, 0.25) is 0 Å². The molecular weight excluding hydrogens is 176 g/mol. The van der Waals surface area contributed by atoms with Crippen LogP contribution in [0.3, 0.4) is 0 Å². The molecule has 1 unspecified atom stereocenters. The van der Waals surface area contributed by atoms with E-state index < -0.39 is 0 Å². The van der Waals surface area contributed by atoms with Crippen LogP contribution >= 0.6 is 11.3 Å². The number of hydrogen-bond donors (Lipinski definition) is 2. The smallest absolute Gasteiger partial charge is 0.196 e. The van der Waals surface area contributed by atoms with Gasteiger partial charge in [-0.3, -0.25) is 4.98 Å². The van der Waals surface area contributed by atoms with E-state index >= 15 is 0 Å². The Labute approximate surface area is 71.8 Å². The fourth-order valence-electron chi connectivity index (χ4n) is 0.808. The number of nitrogens with zero attached hydrogens (tertiary/aromatic N) is 4. The van der Waals surface area contributed by atoms with Gasteiger partial charge in [0.25, 0.3) is 0 Å². The van der Waals surface area contributed by atoms with Crippen molar-refractivity contribution in [3.8, 4) is 0 Å². The van der Waals surface area contributed by atoms with E-state index in [4.69, 9.17) is 5.73 Å². The van der Waals surface area contributed by atoms with Gasteiger partial charge in [-0.05, 0) is 0 Å². The summed E-state index contributed by atoms with van der Waals surface area (Å²) in [5.41, 5.74) is 7.51. The molecule has 7 heteroatoms. The van der Waals surface area contributed by atoms with Gasteiger partial charge in [0.15, 0.2) is 5.82 Å². The van der Waals surface area contributed by atoms with Crippen molar-refractivity contribution in [3.63, 3.8) is 0 Å². The van der Waals surface area contributed by atoms with Crippen molar-refractivity contribution in [1.82, 2.24) is 25.6 Å². The minimum absolute atomic E-state index is 0.323. The van der Waals surface area contributed by atoms with E-state index in [1.54, 1.807) is 11.7 Å². The average Bonchev–Trinajstić information content (AvgIpc) is 2.77. The zero-order valence-corrected chi connectivity index (χ0v) is 6.82. The van der Waals surface area contributed by atoms with E-state index in [2.05, 4.69) is 25.6 Å². The molecule has 2 rings (SSSR count). The van der Waals surface area contributed by atoms with Gasteiger partial charge in [0.1, 0.15) is 6.04 Å². The van der Waals surface area contributed by atoms with Crippen LogP contribution in [0.5, 0.6) is 0 Å². The molecule has 3 N–H and O–H groups in total. The van der Waals surface area contributed by atoms with Crippen LogP contribution in [0.2, 0.25) is 0 Å². The standard InChI is InChI=1S/C5H6N6S/c6-4(3-1-7-2-12-3)5-8-10-11-9-5/h1-2,4H,6H2,(H,8,9,10,11). The summed E-state index contributed by atoms with van der Waals surface area (Å²) in [5, 5.41) is 13.3. The molecular formula is C5H6N6S. The molecule has 2 aromatic rings. The fraction of sp³-hybridized carbons (Fsp3) is 0.200. The van der Waals surface area contributed by atoms with Crippen LogP contribution < -0.4 is 5.73 Å². The molecule has 0 aliphatic heterocycles. The molecule has 0 aliphatic rings. The molecule has 1 atom stereocenters. The Balaban J connectivity index is 2.27. The highest BCUT2D eigenvalue weighted by Gasteiger charge is 2.14. The van der Waals surface area contributed by atoms with E-state index in [0.717, 1.165) is 4.88 Å². The van der Waals surface area contributed by atoms with Crippen molar-refractivity contribution in [2.45, 2.75) is 6.04 Å². The lowest BCUT2D eigenvalue weighted by Crippen LogP contribution is -2.12. The van der Waals surface area contributed by atoms with Crippen LogP contribution in [-0.4, -0.2) is 25.6 Å². The molecule has 2 aromatic heterocycles. The Hall–Kier alpha value is -1.34. The number of aromatic nitrogens is 5. The Morgan fingerprint density at radius 2 is 2.50 bits per heavy atom. The second kappa shape index (κ2) is 2.95. The summed E-state index contributed by atoms with van der Waals surface area (Å²) in [6.45, 7) is 0. The third-order valence-corrected chi connectivity index (χ3v) is 2.26. The largest absolute Gasteiger partial charge is 0.317 e. The van der Waals surface area contributed by atoms with Crippen molar-refractivity contribution < 1.29 is 0 Å². The number of tetrazole rings is 1. The van der Waals surface area contributed by atoms with Crippen molar-refractivity contribution in [2.75, 3.05) is 0 Å². The van der Waals surface area contributed by atoms with Crippen molar-refractivity contribution in [3.05, 3.63) is 22.4 Å². The highest BCUT2D eigenvalue weighted by atomic mass is 32.1. The van der Waals surface area contributed by atoms with Gasteiger partial charge in [-0.25, -0.2) is 0 Å². The van der Waals surface area contributed by atoms with E-state index in [-0.39, 0.29) is 6.04 Å². The Morgan fingerprint density at radius 3 is 3.08 bits per heavy atom. The predicted molar refractivity (Wildman–Crippen MR) is 42.3 cm³/mol. The van der Waals surface area contributed by atoms with Crippen LogP contribution in [0.4, 0.5) is 0 Å². The first-order valence-electron chi connectivity index (χ1n) is 3.25. The van der Waals surface area contributed by atoms with E-state index in [1.165, 1.54) is 11.3 Å². The van der Waals surface area contributed by atoms with Gasteiger partial charge in [0.05, 0.1) is 5.51 Å². The summed E-state index contributed by atoms with van der Waals surface area (Å²) in [5.74, 6) is 0.485. The lowest BCUT2D eigenvalue weighted by molar-refractivity contribution is 0.797. The SMILES string of the molecule is NC(c1nn[nH]n1)c1cncs1. The second-order valence-electron chi connectivity index (χ2n) is 2.15. The van der Waals surface area contributed by atoms with Crippen LogP contribution in [0.15, 0.2) is 11.7 Å². The highest BCUT2D eigenvalue weighted by molar-refractivity contribution is 7.09. The van der Waals surface area contributed by atoms with Crippen LogP contribution in [0.25, 0.3) is 0 Å². The number of thiazole rings is 1. The maximum absolute atomic E-state index is 5.79. The second-order valence-corrected chi connectivity index (χ2v) is 3.07. The lowest BCUT2D eigenvalue weighted by atomic mass is 10.3. The molecule has 12 heavy (non-hydrogen) atoms. The summed E-state index contributed by atoms with van der Waals surface area (Å²) >= 11 is 1.47. The third kappa shape index (κ3) is 1.19. The lowest BCUT2D eigenvalue weighted by Gasteiger charge is -2.00. The molecule has 0 aromatic carbocycles. The fourth-order valence-corrected chi connectivity index (χ4v) is 1.42. The Kier molecular flexibility index (Phi) is 1.80. The molecule has 0 bridgehead atoms. The average molecular weight is 182 g/mol. The summed E-state index contributed by atoms with van der Waals surface area (Å²) < 4.78 is 0. The summed E-state index contributed by atoms with van der Waals surface area (Å²) in [6.07, 6.45) is 1.70. The van der Waals surface area contributed by atoms with Crippen LogP contribution in [-0.2, 0) is 0 Å². The van der Waals surface area contributed by atoms with E-state index in [9.17, 15) is 0 Å². The maximum atomic E-state index is 5.79. The summed E-state index contributed by atoms with van der Waals surface area (Å²) in [7, 11) is 0. The zero-order chi connectivity index (χ0) is 8.39. The van der Waals surface area contributed by atoms with Crippen molar-refractivity contribution in [2.24, 2.45) is 5.73 Å². The maximum Gasteiger partial charge on any atom is 0.196 e. The number of rotatable bonds is 2. The molecule has 62 valence electrons. The monoisotopic (exact) mass is 182 g/mol. The molecule has 0 amide bonds. The van der Waals surface area contributed by atoms with Gasteiger partial charge in [-0.1, -0.05) is 5.21 Å². The topological polar surface area (TPSA) is 93.4 Å². The number of nitrogens with one attached hydrogen (secondary N) is 1. The molecule has 0 saturated carbocycles. The molecule has 0 aliphatic carbocycles.